The summed E-state index contributed by atoms with van der Waals surface area (Å²) < 4.78 is 55.8. The van der Waals surface area contributed by atoms with E-state index in [2.05, 4.69) is 29.9 Å². The van der Waals surface area contributed by atoms with Crippen LogP contribution in [0.2, 0.25) is 0 Å². The summed E-state index contributed by atoms with van der Waals surface area (Å²) in [4.78, 5) is 13.8. The Hall–Kier alpha value is -3.89. The first kappa shape index (κ1) is 26.7. The summed E-state index contributed by atoms with van der Waals surface area (Å²) in [5.41, 5.74) is 1.14. The van der Waals surface area contributed by atoms with Crippen LogP contribution in [-0.2, 0) is 10.0 Å². The fourth-order valence-electron chi connectivity index (χ4n) is 4.30. The van der Waals surface area contributed by atoms with Crippen molar-refractivity contribution in [2.24, 2.45) is 0 Å². The maximum absolute atomic E-state index is 13.7. The standard InChI is InChI=1S/C23H25FN8O5S2/c1-13-12-38-21(27-13)20-28-29-23(32(20)19-17(36-2)5-4-6-18(19)37-3)30-39(34,35)16-7-15(33)10-31(11-16)22-25-8-14(24)9-26-22/h4-6,8-9,12,15-16,33H,7,10-11H2,1-3H3,(H,29,30)/t15-,16+/m1/s1. The average Bonchev–Trinajstić information content (AvgIpc) is 3.53. The molecule has 0 radical (unpaired) electrons. The number of piperidine rings is 1. The molecule has 2 atom stereocenters. The maximum Gasteiger partial charge on any atom is 0.243 e. The van der Waals surface area contributed by atoms with E-state index in [9.17, 15) is 17.9 Å². The van der Waals surface area contributed by atoms with Crippen molar-refractivity contribution >= 4 is 33.3 Å². The highest BCUT2D eigenvalue weighted by atomic mass is 32.2. The second kappa shape index (κ2) is 10.7. The molecule has 1 aromatic carbocycles. The lowest BCUT2D eigenvalue weighted by atomic mass is 10.1. The summed E-state index contributed by atoms with van der Waals surface area (Å²) in [6.45, 7) is 1.89. The van der Waals surface area contributed by atoms with E-state index < -0.39 is 27.2 Å². The SMILES string of the molecule is COc1cccc(OC)c1-n1c(NS(=O)(=O)[C@H]2C[C@@H](O)CN(c3ncc(F)cn3)C2)nnc1-c1nc(C)cs1. The number of aliphatic hydroxyl groups is 1. The van der Waals surface area contributed by atoms with Gasteiger partial charge in [0.05, 0.1) is 32.7 Å². The van der Waals surface area contributed by atoms with E-state index in [0.717, 1.165) is 18.1 Å². The van der Waals surface area contributed by atoms with Gasteiger partial charge in [0.2, 0.25) is 21.9 Å². The van der Waals surface area contributed by atoms with E-state index in [1.807, 2.05) is 12.3 Å². The van der Waals surface area contributed by atoms with Crippen LogP contribution in [0.5, 0.6) is 11.5 Å². The molecule has 0 unspecified atom stereocenters. The van der Waals surface area contributed by atoms with Crippen LogP contribution in [0.1, 0.15) is 12.1 Å². The normalized spacial score (nSPS) is 17.7. The van der Waals surface area contributed by atoms with Crippen LogP contribution in [0.15, 0.2) is 36.0 Å². The highest BCUT2D eigenvalue weighted by molar-refractivity contribution is 7.93. The lowest BCUT2D eigenvalue weighted by Gasteiger charge is -2.35. The number of aliphatic hydroxyl groups excluding tert-OH is 1. The minimum Gasteiger partial charge on any atom is -0.494 e. The molecule has 0 bridgehead atoms. The summed E-state index contributed by atoms with van der Waals surface area (Å²) in [6.07, 6.45) is 0.930. The minimum absolute atomic E-state index is 0.0390. The number of hydrogen-bond donors (Lipinski definition) is 2. The lowest BCUT2D eigenvalue weighted by Crippen LogP contribution is -2.50. The molecule has 1 saturated heterocycles. The van der Waals surface area contributed by atoms with Crippen molar-refractivity contribution < 1.29 is 27.4 Å². The van der Waals surface area contributed by atoms with Crippen molar-refractivity contribution in [3.63, 3.8) is 0 Å². The number of nitrogens with one attached hydrogen (secondary N) is 1. The molecule has 1 aliphatic heterocycles. The van der Waals surface area contributed by atoms with Crippen molar-refractivity contribution in [1.29, 1.82) is 0 Å². The van der Waals surface area contributed by atoms with Crippen molar-refractivity contribution in [3.8, 4) is 28.0 Å². The first-order chi connectivity index (χ1) is 18.7. The van der Waals surface area contributed by atoms with Crippen molar-refractivity contribution in [2.45, 2.75) is 24.7 Å². The Morgan fingerprint density at radius 3 is 2.44 bits per heavy atom. The number of hydrogen-bond acceptors (Lipinski definition) is 12. The number of halogens is 1. The molecule has 0 saturated carbocycles. The smallest absolute Gasteiger partial charge is 0.243 e. The number of anilines is 2. The van der Waals surface area contributed by atoms with Crippen LogP contribution in [-0.4, -0.2) is 81.9 Å². The third kappa shape index (κ3) is 5.35. The number of ether oxygens (including phenoxy) is 2. The molecule has 2 N–H and O–H groups in total. The highest BCUT2D eigenvalue weighted by Gasteiger charge is 2.37. The van der Waals surface area contributed by atoms with Crippen LogP contribution < -0.4 is 19.1 Å². The first-order valence-corrected chi connectivity index (χ1v) is 14.1. The molecule has 206 valence electrons. The Balaban J connectivity index is 1.55. The molecule has 13 nitrogen and oxygen atoms in total. The topological polar surface area (TPSA) is 157 Å². The third-order valence-corrected chi connectivity index (χ3v) is 8.69. The van der Waals surface area contributed by atoms with Gasteiger partial charge in [-0.25, -0.2) is 27.8 Å². The average molecular weight is 577 g/mol. The number of rotatable bonds is 8. The zero-order valence-electron chi connectivity index (χ0n) is 21.1. The molecule has 39 heavy (non-hydrogen) atoms. The monoisotopic (exact) mass is 576 g/mol. The van der Waals surface area contributed by atoms with Crippen molar-refractivity contribution in [2.75, 3.05) is 36.9 Å². The zero-order chi connectivity index (χ0) is 27.7. The number of β-amino-alcohol motifs (C(OH)–C–C–N with tert-alkyl or cyclic N) is 1. The van der Waals surface area contributed by atoms with Crippen molar-refractivity contribution in [3.05, 3.63) is 47.5 Å². The zero-order valence-corrected chi connectivity index (χ0v) is 22.8. The Kier molecular flexibility index (Phi) is 7.33. The number of para-hydroxylation sites is 1. The molecular weight excluding hydrogens is 551 g/mol. The molecule has 4 aromatic rings. The predicted molar refractivity (Wildman–Crippen MR) is 141 cm³/mol. The molecule has 16 heteroatoms. The molecule has 1 aliphatic rings. The highest BCUT2D eigenvalue weighted by Crippen LogP contribution is 2.38. The summed E-state index contributed by atoms with van der Waals surface area (Å²) >= 11 is 1.32. The summed E-state index contributed by atoms with van der Waals surface area (Å²) in [5, 5.41) is 20.2. The molecule has 4 heterocycles. The summed E-state index contributed by atoms with van der Waals surface area (Å²) in [7, 11) is -1.19. The van der Waals surface area contributed by atoms with Gasteiger partial charge in [0.1, 0.15) is 22.4 Å². The molecule has 0 amide bonds. The molecule has 1 fully saturated rings. The quantitative estimate of drug-likeness (QED) is 0.316. The van der Waals surface area contributed by atoms with Gasteiger partial charge in [-0.05, 0) is 25.5 Å². The van der Waals surface area contributed by atoms with Crippen LogP contribution >= 0.6 is 11.3 Å². The molecule has 3 aromatic heterocycles. The number of nitrogens with zero attached hydrogens (tertiary/aromatic N) is 7. The van der Waals surface area contributed by atoms with Gasteiger partial charge in [0.25, 0.3) is 0 Å². The Morgan fingerprint density at radius 1 is 1.13 bits per heavy atom. The largest absolute Gasteiger partial charge is 0.494 e. The number of methoxy groups -OCH3 is 2. The van der Waals surface area contributed by atoms with Gasteiger partial charge in [-0.15, -0.1) is 21.5 Å². The Bertz CT molecular complexity index is 1560. The lowest BCUT2D eigenvalue weighted by molar-refractivity contribution is 0.154. The fourth-order valence-corrected chi connectivity index (χ4v) is 6.48. The summed E-state index contributed by atoms with van der Waals surface area (Å²) in [6, 6.07) is 5.13. The van der Waals surface area contributed by atoms with Gasteiger partial charge in [-0.1, -0.05) is 6.07 Å². The maximum atomic E-state index is 13.7. The van der Waals surface area contributed by atoms with E-state index >= 15 is 0 Å². The Labute approximate surface area is 227 Å². The molecular formula is C23H25FN8O5S2. The predicted octanol–water partition coefficient (Wildman–Crippen LogP) is 2.03. The van der Waals surface area contributed by atoms with Crippen LogP contribution in [0.25, 0.3) is 16.5 Å². The molecule has 5 rings (SSSR count). The number of benzene rings is 1. The minimum atomic E-state index is -4.15. The van der Waals surface area contributed by atoms with E-state index in [1.54, 1.807) is 18.2 Å². The molecule has 0 aliphatic carbocycles. The van der Waals surface area contributed by atoms with E-state index in [1.165, 1.54) is 35.0 Å². The molecule has 0 spiro atoms. The second-order valence-corrected chi connectivity index (χ2v) is 11.6. The van der Waals surface area contributed by atoms with E-state index in [4.69, 9.17) is 9.47 Å². The fraction of sp³-hybridized carbons (Fsp3) is 0.348. The summed E-state index contributed by atoms with van der Waals surface area (Å²) in [5.74, 6) is 0.413. The van der Waals surface area contributed by atoms with Crippen LogP contribution in [0, 0.1) is 12.7 Å². The van der Waals surface area contributed by atoms with Crippen LogP contribution in [0.4, 0.5) is 16.3 Å². The number of thiazole rings is 1. The van der Waals surface area contributed by atoms with Crippen LogP contribution in [0.3, 0.4) is 0 Å². The van der Waals surface area contributed by atoms with E-state index in [-0.39, 0.29) is 37.2 Å². The van der Waals surface area contributed by atoms with Gasteiger partial charge >= 0.3 is 0 Å². The van der Waals surface area contributed by atoms with Gasteiger partial charge in [-0.2, -0.15) is 0 Å². The third-order valence-electron chi connectivity index (χ3n) is 6.05. The van der Waals surface area contributed by atoms with Crippen molar-refractivity contribution in [1.82, 2.24) is 29.7 Å². The first-order valence-electron chi connectivity index (χ1n) is 11.7. The second-order valence-electron chi connectivity index (χ2n) is 8.75. The van der Waals surface area contributed by atoms with Gasteiger partial charge in [0.15, 0.2) is 16.6 Å². The Morgan fingerprint density at radius 2 is 1.82 bits per heavy atom. The number of aryl methyl sites for hydroxylation is 1. The van der Waals surface area contributed by atoms with E-state index in [0.29, 0.717) is 22.2 Å². The van der Waals surface area contributed by atoms with Gasteiger partial charge in [0, 0.05) is 24.2 Å². The number of aromatic nitrogens is 6. The van der Waals surface area contributed by atoms with Gasteiger partial charge < -0.3 is 19.5 Å². The number of sulfonamides is 1. The van der Waals surface area contributed by atoms with Gasteiger partial charge in [-0.3, -0.25) is 9.29 Å².